The Kier molecular flexibility index (Phi) is 3.75. The number of nitrogens with zero attached hydrogens (tertiary/aromatic N) is 3. The second-order valence-electron chi connectivity index (χ2n) is 6.82. The summed E-state index contributed by atoms with van der Waals surface area (Å²) in [5.41, 5.74) is 0.180. The highest BCUT2D eigenvalue weighted by Gasteiger charge is 2.60. The molecule has 2 aliphatic heterocycles. The molecule has 2 atom stereocenters. The molecule has 0 radical (unpaired) electrons. The van der Waals surface area contributed by atoms with Gasteiger partial charge in [-0.05, 0) is 23.8 Å². The van der Waals surface area contributed by atoms with E-state index in [9.17, 15) is 19.5 Å². The Morgan fingerprint density at radius 1 is 1.35 bits per heavy atom. The van der Waals surface area contributed by atoms with Crippen LogP contribution in [0.4, 0.5) is 0 Å². The molecule has 3 heterocycles. The van der Waals surface area contributed by atoms with Gasteiger partial charge >= 0.3 is 5.97 Å². The molecule has 2 aliphatic rings. The SMILES string of the molecule is O=C1NC[C@@]2(C(=O)O)CN(C(=O)c3cccc(Cn4cccn4)c3)C[C@@H]12. The van der Waals surface area contributed by atoms with Crippen molar-refractivity contribution in [2.24, 2.45) is 11.3 Å². The van der Waals surface area contributed by atoms with Crippen LogP contribution in [0.25, 0.3) is 0 Å². The number of carbonyl (C=O) groups is 3. The summed E-state index contributed by atoms with van der Waals surface area (Å²) in [6.07, 6.45) is 3.53. The van der Waals surface area contributed by atoms with Crippen LogP contribution in [0.1, 0.15) is 15.9 Å². The van der Waals surface area contributed by atoms with Gasteiger partial charge in [0.05, 0.1) is 12.5 Å². The largest absolute Gasteiger partial charge is 0.481 e. The third kappa shape index (κ3) is 2.54. The lowest BCUT2D eigenvalue weighted by atomic mass is 9.81. The summed E-state index contributed by atoms with van der Waals surface area (Å²) in [6, 6.07) is 9.02. The van der Waals surface area contributed by atoms with Crippen molar-refractivity contribution in [3.05, 3.63) is 53.9 Å². The number of amides is 2. The van der Waals surface area contributed by atoms with Gasteiger partial charge in [-0.3, -0.25) is 19.1 Å². The molecule has 0 saturated carbocycles. The number of nitrogens with one attached hydrogen (secondary N) is 1. The number of aliphatic carboxylic acids is 1. The zero-order valence-electron chi connectivity index (χ0n) is 14.0. The maximum atomic E-state index is 12.9. The highest BCUT2D eigenvalue weighted by molar-refractivity contribution is 5.98. The van der Waals surface area contributed by atoms with Gasteiger partial charge < -0.3 is 15.3 Å². The lowest BCUT2D eigenvalue weighted by Gasteiger charge is -2.22. The number of hydrogen-bond acceptors (Lipinski definition) is 4. The smallest absolute Gasteiger partial charge is 0.314 e. The van der Waals surface area contributed by atoms with Gasteiger partial charge in [-0.25, -0.2) is 0 Å². The molecule has 134 valence electrons. The highest BCUT2D eigenvalue weighted by atomic mass is 16.4. The lowest BCUT2D eigenvalue weighted by Crippen LogP contribution is -2.41. The van der Waals surface area contributed by atoms with Crippen molar-refractivity contribution in [3.8, 4) is 0 Å². The Morgan fingerprint density at radius 2 is 2.19 bits per heavy atom. The van der Waals surface area contributed by atoms with Gasteiger partial charge in [-0.15, -0.1) is 0 Å². The van der Waals surface area contributed by atoms with E-state index in [-0.39, 0.29) is 31.4 Å². The predicted octanol–water partition coefficient (Wildman–Crippen LogP) is 0.204. The topological polar surface area (TPSA) is 105 Å². The Bertz CT molecular complexity index is 879. The van der Waals surface area contributed by atoms with Gasteiger partial charge in [0.2, 0.25) is 5.91 Å². The molecule has 2 N–H and O–H groups in total. The summed E-state index contributed by atoms with van der Waals surface area (Å²) in [7, 11) is 0. The van der Waals surface area contributed by atoms with Crippen LogP contribution in [0.3, 0.4) is 0 Å². The fourth-order valence-electron chi connectivity index (χ4n) is 3.80. The van der Waals surface area contributed by atoms with Crippen molar-refractivity contribution in [1.29, 1.82) is 0 Å². The van der Waals surface area contributed by atoms with Crippen LogP contribution in [-0.4, -0.2) is 57.2 Å². The van der Waals surface area contributed by atoms with Crippen LogP contribution >= 0.6 is 0 Å². The van der Waals surface area contributed by atoms with Crippen molar-refractivity contribution in [2.75, 3.05) is 19.6 Å². The zero-order valence-corrected chi connectivity index (χ0v) is 14.0. The summed E-state index contributed by atoms with van der Waals surface area (Å²) in [5, 5.41) is 16.4. The number of aromatic nitrogens is 2. The van der Waals surface area contributed by atoms with E-state index in [0.29, 0.717) is 12.1 Å². The van der Waals surface area contributed by atoms with E-state index in [2.05, 4.69) is 10.4 Å². The fraction of sp³-hybridized carbons (Fsp3) is 0.333. The van der Waals surface area contributed by atoms with Crippen molar-refractivity contribution in [1.82, 2.24) is 20.0 Å². The van der Waals surface area contributed by atoms with E-state index in [0.717, 1.165) is 5.56 Å². The normalized spacial score (nSPS) is 24.4. The first-order chi connectivity index (χ1) is 12.5. The quantitative estimate of drug-likeness (QED) is 0.816. The molecule has 4 rings (SSSR count). The van der Waals surface area contributed by atoms with E-state index in [1.54, 1.807) is 29.1 Å². The minimum Gasteiger partial charge on any atom is -0.481 e. The Labute approximate surface area is 149 Å². The second kappa shape index (κ2) is 5.98. The molecule has 8 nitrogen and oxygen atoms in total. The third-order valence-corrected chi connectivity index (χ3v) is 5.23. The molecular weight excluding hydrogens is 336 g/mol. The summed E-state index contributed by atoms with van der Waals surface area (Å²) >= 11 is 0. The predicted molar refractivity (Wildman–Crippen MR) is 90.2 cm³/mol. The molecule has 2 saturated heterocycles. The van der Waals surface area contributed by atoms with E-state index in [1.807, 2.05) is 18.3 Å². The third-order valence-electron chi connectivity index (χ3n) is 5.23. The van der Waals surface area contributed by atoms with E-state index in [1.165, 1.54) is 4.90 Å². The number of fused-ring (bicyclic) bond motifs is 1. The molecule has 0 aliphatic carbocycles. The summed E-state index contributed by atoms with van der Waals surface area (Å²) < 4.78 is 1.76. The number of likely N-dealkylation sites (tertiary alicyclic amines) is 1. The first-order valence-corrected chi connectivity index (χ1v) is 8.36. The van der Waals surface area contributed by atoms with Gasteiger partial charge in [0, 0.05) is 37.6 Å². The summed E-state index contributed by atoms with van der Waals surface area (Å²) in [4.78, 5) is 38.1. The molecule has 0 bridgehead atoms. The minimum absolute atomic E-state index is 0.0357. The van der Waals surface area contributed by atoms with Gasteiger partial charge in [-0.2, -0.15) is 5.10 Å². The van der Waals surface area contributed by atoms with E-state index < -0.39 is 17.3 Å². The van der Waals surface area contributed by atoms with Gasteiger partial charge in [0.1, 0.15) is 5.41 Å². The zero-order chi connectivity index (χ0) is 18.3. The van der Waals surface area contributed by atoms with Crippen LogP contribution in [0.2, 0.25) is 0 Å². The van der Waals surface area contributed by atoms with Crippen molar-refractivity contribution < 1.29 is 19.5 Å². The van der Waals surface area contributed by atoms with Crippen LogP contribution in [0, 0.1) is 11.3 Å². The Morgan fingerprint density at radius 3 is 2.88 bits per heavy atom. The Balaban J connectivity index is 1.55. The van der Waals surface area contributed by atoms with Crippen LogP contribution in [-0.2, 0) is 16.1 Å². The van der Waals surface area contributed by atoms with Crippen LogP contribution in [0.15, 0.2) is 42.7 Å². The standard InChI is InChI=1S/C18H18N4O4/c23-15-14-9-21(11-18(14,10-19-15)17(25)26)16(24)13-4-1-3-12(7-13)8-22-6-2-5-20-22/h1-7,14H,8-11H2,(H,19,23)(H,25,26)/t14-,18+/m0/s1. The Hall–Kier alpha value is -3.16. The number of carboxylic acids is 1. The average Bonchev–Trinajstić information content (AvgIpc) is 3.33. The molecule has 1 aromatic heterocycles. The molecule has 26 heavy (non-hydrogen) atoms. The molecule has 1 aromatic carbocycles. The maximum absolute atomic E-state index is 12.9. The monoisotopic (exact) mass is 354 g/mol. The number of carbonyl (C=O) groups excluding carboxylic acids is 2. The molecule has 2 amide bonds. The molecule has 0 unspecified atom stereocenters. The number of benzene rings is 1. The minimum atomic E-state index is -1.22. The average molecular weight is 354 g/mol. The molecule has 0 spiro atoms. The fourth-order valence-corrected chi connectivity index (χ4v) is 3.80. The molecular formula is C18H18N4O4. The van der Waals surface area contributed by atoms with Gasteiger partial charge in [0.25, 0.3) is 5.91 Å². The van der Waals surface area contributed by atoms with Crippen molar-refractivity contribution in [2.45, 2.75) is 6.54 Å². The second-order valence-corrected chi connectivity index (χ2v) is 6.82. The van der Waals surface area contributed by atoms with Crippen LogP contribution < -0.4 is 5.32 Å². The molecule has 8 heteroatoms. The highest BCUT2D eigenvalue weighted by Crippen LogP contribution is 2.40. The number of carboxylic acid groups (broad SMARTS) is 1. The first-order valence-electron chi connectivity index (χ1n) is 8.36. The lowest BCUT2D eigenvalue weighted by molar-refractivity contribution is -0.149. The van der Waals surface area contributed by atoms with E-state index in [4.69, 9.17) is 0 Å². The van der Waals surface area contributed by atoms with Crippen molar-refractivity contribution >= 4 is 17.8 Å². The van der Waals surface area contributed by atoms with Crippen LogP contribution in [0.5, 0.6) is 0 Å². The van der Waals surface area contributed by atoms with Gasteiger partial charge in [-0.1, -0.05) is 12.1 Å². The summed E-state index contributed by atoms with van der Waals surface area (Å²) in [5.74, 6) is -2.29. The van der Waals surface area contributed by atoms with Crippen molar-refractivity contribution in [3.63, 3.8) is 0 Å². The molecule has 2 aromatic rings. The molecule has 2 fully saturated rings. The number of hydrogen-bond donors (Lipinski definition) is 2. The first kappa shape index (κ1) is 16.3. The summed E-state index contributed by atoms with van der Waals surface area (Å²) in [6.45, 7) is 0.765. The number of rotatable bonds is 4. The van der Waals surface area contributed by atoms with E-state index >= 15 is 0 Å². The van der Waals surface area contributed by atoms with Gasteiger partial charge in [0.15, 0.2) is 0 Å². The maximum Gasteiger partial charge on any atom is 0.314 e.